The molecule has 0 amide bonds. The van der Waals surface area contributed by atoms with Crippen molar-refractivity contribution in [1.82, 2.24) is 0 Å². The molecular formula is C12H14BrNO2. The minimum atomic E-state index is -0.670. The van der Waals surface area contributed by atoms with Crippen molar-refractivity contribution < 1.29 is 9.90 Å². The number of halogens is 1. The minimum absolute atomic E-state index is 0.498. The normalized spacial score (nSPS) is 16.9. The molecule has 0 aliphatic heterocycles. The number of benzene rings is 1. The van der Waals surface area contributed by atoms with Crippen molar-refractivity contribution in [3.63, 3.8) is 0 Å². The van der Waals surface area contributed by atoms with Crippen molar-refractivity contribution in [1.29, 1.82) is 0 Å². The molecule has 2 rings (SSSR count). The largest absolute Gasteiger partial charge is 0.481 e. The van der Waals surface area contributed by atoms with Crippen molar-refractivity contribution in [2.75, 3.05) is 18.5 Å². The molecular weight excluding hydrogens is 270 g/mol. The van der Waals surface area contributed by atoms with Crippen LogP contribution in [-0.4, -0.2) is 24.7 Å². The van der Waals surface area contributed by atoms with E-state index < -0.39 is 11.4 Å². The predicted molar refractivity (Wildman–Crippen MR) is 66.7 cm³/mol. The molecule has 1 aromatic carbocycles. The number of anilines is 1. The van der Waals surface area contributed by atoms with Crippen molar-refractivity contribution in [2.45, 2.75) is 12.8 Å². The van der Waals surface area contributed by atoms with E-state index in [1.165, 1.54) is 0 Å². The van der Waals surface area contributed by atoms with Gasteiger partial charge in [-0.2, -0.15) is 0 Å². The van der Waals surface area contributed by atoms with Crippen LogP contribution >= 0.6 is 15.9 Å². The van der Waals surface area contributed by atoms with Crippen LogP contribution < -0.4 is 4.90 Å². The van der Waals surface area contributed by atoms with Gasteiger partial charge in [0.25, 0.3) is 0 Å². The summed E-state index contributed by atoms with van der Waals surface area (Å²) >= 11 is 3.38. The zero-order chi connectivity index (χ0) is 11.8. The van der Waals surface area contributed by atoms with Crippen LogP contribution in [0.4, 0.5) is 5.69 Å². The molecule has 3 nitrogen and oxygen atoms in total. The molecule has 0 atom stereocenters. The molecule has 0 bridgehead atoms. The Morgan fingerprint density at radius 3 is 2.44 bits per heavy atom. The van der Waals surface area contributed by atoms with Gasteiger partial charge in [0.2, 0.25) is 0 Å². The summed E-state index contributed by atoms with van der Waals surface area (Å²) in [7, 11) is 1.94. The third-order valence-corrected chi connectivity index (χ3v) is 3.64. The van der Waals surface area contributed by atoms with Crippen LogP contribution in [0.1, 0.15) is 12.8 Å². The lowest BCUT2D eigenvalue weighted by molar-refractivity contribution is -0.142. The standard InChI is InChI=1S/C12H14BrNO2/c1-14(8-12(6-7-12)11(15)16)10-4-2-9(13)3-5-10/h2-5H,6-8H2,1H3,(H,15,16). The van der Waals surface area contributed by atoms with E-state index >= 15 is 0 Å². The van der Waals surface area contributed by atoms with Gasteiger partial charge in [-0.15, -0.1) is 0 Å². The zero-order valence-electron chi connectivity index (χ0n) is 9.11. The number of hydrogen-bond acceptors (Lipinski definition) is 2. The molecule has 1 N–H and O–H groups in total. The number of rotatable bonds is 4. The molecule has 0 aromatic heterocycles. The molecule has 0 heterocycles. The van der Waals surface area contributed by atoms with Crippen LogP contribution in [0.15, 0.2) is 28.7 Å². The fraction of sp³-hybridized carbons (Fsp3) is 0.417. The van der Waals surface area contributed by atoms with Gasteiger partial charge in [-0.3, -0.25) is 4.79 Å². The first-order valence-corrected chi connectivity index (χ1v) is 6.03. The summed E-state index contributed by atoms with van der Waals surface area (Å²) in [5.74, 6) is -0.670. The maximum absolute atomic E-state index is 11.1. The van der Waals surface area contributed by atoms with E-state index in [-0.39, 0.29) is 0 Å². The van der Waals surface area contributed by atoms with Gasteiger partial charge < -0.3 is 10.0 Å². The topological polar surface area (TPSA) is 40.5 Å². The molecule has 86 valence electrons. The van der Waals surface area contributed by atoms with E-state index in [4.69, 9.17) is 5.11 Å². The number of nitrogens with zero attached hydrogens (tertiary/aromatic N) is 1. The second kappa shape index (κ2) is 4.09. The first kappa shape index (κ1) is 11.5. The average molecular weight is 284 g/mol. The van der Waals surface area contributed by atoms with Gasteiger partial charge in [0, 0.05) is 23.8 Å². The Balaban J connectivity index is 2.06. The van der Waals surface area contributed by atoms with E-state index in [1.54, 1.807) is 0 Å². The third kappa shape index (κ3) is 2.21. The maximum Gasteiger partial charge on any atom is 0.311 e. The first-order valence-electron chi connectivity index (χ1n) is 5.24. The van der Waals surface area contributed by atoms with Crippen molar-refractivity contribution in [2.24, 2.45) is 5.41 Å². The van der Waals surface area contributed by atoms with Gasteiger partial charge in [-0.25, -0.2) is 0 Å². The highest BCUT2D eigenvalue weighted by molar-refractivity contribution is 9.10. The molecule has 0 radical (unpaired) electrons. The second-order valence-corrected chi connectivity index (χ2v) is 5.33. The van der Waals surface area contributed by atoms with Crippen LogP contribution in [0.3, 0.4) is 0 Å². The Labute approximate surface area is 103 Å². The Morgan fingerprint density at radius 2 is 2.00 bits per heavy atom. The molecule has 0 saturated heterocycles. The quantitative estimate of drug-likeness (QED) is 0.924. The lowest BCUT2D eigenvalue weighted by Gasteiger charge is -2.23. The fourth-order valence-electron chi connectivity index (χ4n) is 1.83. The van der Waals surface area contributed by atoms with Crippen molar-refractivity contribution >= 4 is 27.6 Å². The minimum Gasteiger partial charge on any atom is -0.481 e. The summed E-state index contributed by atoms with van der Waals surface area (Å²) in [4.78, 5) is 13.1. The summed E-state index contributed by atoms with van der Waals surface area (Å²) in [6.07, 6.45) is 1.59. The van der Waals surface area contributed by atoms with Gasteiger partial charge in [-0.05, 0) is 37.1 Å². The van der Waals surface area contributed by atoms with Crippen LogP contribution in [-0.2, 0) is 4.79 Å². The molecule has 0 spiro atoms. The van der Waals surface area contributed by atoms with Gasteiger partial charge in [0.05, 0.1) is 5.41 Å². The highest BCUT2D eigenvalue weighted by Crippen LogP contribution is 2.46. The monoisotopic (exact) mass is 283 g/mol. The van der Waals surface area contributed by atoms with E-state index in [9.17, 15) is 4.79 Å². The van der Waals surface area contributed by atoms with Gasteiger partial charge >= 0.3 is 5.97 Å². The van der Waals surface area contributed by atoms with Crippen molar-refractivity contribution in [3.05, 3.63) is 28.7 Å². The molecule has 1 saturated carbocycles. The van der Waals surface area contributed by atoms with Crippen LogP contribution in [0.2, 0.25) is 0 Å². The summed E-state index contributed by atoms with van der Waals surface area (Å²) in [6.45, 7) is 0.587. The summed E-state index contributed by atoms with van der Waals surface area (Å²) in [5, 5.41) is 9.11. The van der Waals surface area contributed by atoms with Crippen LogP contribution in [0.5, 0.6) is 0 Å². The Kier molecular flexibility index (Phi) is 2.93. The molecule has 1 aliphatic carbocycles. The van der Waals surface area contributed by atoms with E-state index in [0.29, 0.717) is 6.54 Å². The summed E-state index contributed by atoms with van der Waals surface area (Å²) < 4.78 is 1.03. The summed E-state index contributed by atoms with van der Waals surface area (Å²) in [6, 6.07) is 7.91. The molecule has 4 heteroatoms. The smallest absolute Gasteiger partial charge is 0.311 e. The Hall–Kier alpha value is -1.03. The third-order valence-electron chi connectivity index (χ3n) is 3.11. The van der Waals surface area contributed by atoms with Gasteiger partial charge in [0.1, 0.15) is 0 Å². The number of carbonyl (C=O) groups is 1. The molecule has 1 aromatic rings. The predicted octanol–water partition coefficient (Wildman–Crippen LogP) is 2.75. The van der Waals surface area contributed by atoms with E-state index in [1.807, 2.05) is 36.2 Å². The zero-order valence-corrected chi connectivity index (χ0v) is 10.7. The fourth-order valence-corrected chi connectivity index (χ4v) is 2.10. The summed E-state index contributed by atoms with van der Waals surface area (Å²) in [5.41, 5.74) is 0.553. The van der Waals surface area contributed by atoms with Crippen LogP contribution in [0, 0.1) is 5.41 Å². The van der Waals surface area contributed by atoms with Gasteiger partial charge in [-0.1, -0.05) is 15.9 Å². The number of carboxylic acid groups (broad SMARTS) is 1. The Bertz CT molecular complexity index is 398. The molecule has 1 aliphatic rings. The highest BCUT2D eigenvalue weighted by atomic mass is 79.9. The SMILES string of the molecule is CN(CC1(C(=O)O)CC1)c1ccc(Br)cc1. The maximum atomic E-state index is 11.1. The number of aliphatic carboxylic acids is 1. The lowest BCUT2D eigenvalue weighted by atomic mass is 10.1. The highest BCUT2D eigenvalue weighted by Gasteiger charge is 2.50. The molecule has 16 heavy (non-hydrogen) atoms. The second-order valence-electron chi connectivity index (χ2n) is 4.42. The Morgan fingerprint density at radius 1 is 1.44 bits per heavy atom. The number of hydrogen-bond donors (Lipinski definition) is 1. The van der Waals surface area contributed by atoms with E-state index in [2.05, 4.69) is 15.9 Å². The first-order chi connectivity index (χ1) is 7.53. The van der Waals surface area contributed by atoms with Crippen molar-refractivity contribution in [3.8, 4) is 0 Å². The van der Waals surface area contributed by atoms with Crippen LogP contribution in [0.25, 0.3) is 0 Å². The van der Waals surface area contributed by atoms with Gasteiger partial charge in [0.15, 0.2) is 0 Å². The molecule has 0 unspecified atom stereocenters. The molecule has 1 fully saturated rings. The average Bonchev–Trinajstić information content (AvgIpc) is 3.00. The van der Waals surface area contributed by atoms with E-state index in [0.717, 1.165) is 23.0 Å². The number of carboxylic acids is 1. The lowest BCUT2D eigenvalue weighted by Crippen LogP contribution is -2.31.